The molecule has 2 N–H and O–H groups in total. The van der Waals surface area contributed by atoms with Gasteiger partial charge in [-0.3, -0.25) is 4.79 Å². The minimum atomic E-state index is -0.985. The molecule has 1 unspecified atom stereocenters. The van der Waals surface area contributed by atoms with E-state index >= 15 is 0 Å². The van der Waals surface area contributed by atoms with Crippen molar-refractivity contribution in [3.05, 3.63) is 59.3 Å². The fraction of sp³-hybridized carbons (Fsp3) is 0.625. The SMILES string of the molecule is COC[C@@H](O)[C@@H]1OC(=O)[C@H](COC)[C@H]2C=CC34OC5=C(OC(=O)c6ccc[nH]6)[C@H](COC)[C@@H](C)[C@H]([C@H]53)[C@]24/C(C)=C/[C@H]1C. The van der Waals surface area contributed by atoms with Gasteiger partial charge in [-0.15, -0.1) is 0 Å². The Hall–Kier alpha value is -2.92. The van der Waals surface area contributed by atoms with E-state index in [1.165, 1.54) is 7.11 Å². The first-order valence-corrected chi connectivity index (χ1v) is 14.7. The normalized spacial score (nSPS) is 41.7. The van der Waals surface area contributed by atoms with Crippen LogP contribution in [0.5, 0.6) is 0 Å². The number of nitrogens with one attached hydrogen (secondary N) is 1. The van der Waals surface area contributed by atoms with Gasteiger partial charge in [-0.25, -0.2) is 4.79 Å². The number of carbonyl (C=O) groups excluding carboxylic acids is 2. The molecule has 10 heteroatoms. The predicted molar refractivity (Wildman–Crippen MR) is 150 cm³/mol. The summed E-state index contributed by atoms with van der Waals surface area (Å²) in [4.78, 5) is 29.8. The first kappa shape index (κ1) is 29.2. The van der Waals surface area contributed by atoms with Gasteiger partial charge in [-0.1, -0.05) is 31.6 Å². The van der Waals surface area contributed by atoms with E-state index in [0.29, 0.717) is 23.8 Å². The maximum Gasteiger partial charge on any atom is 0.359 e. The van der Waals surface area contributed by atoms with E-state index in [1.807, 2.05) is 6.92 Å². The Morgan fingerprint density at radius 3 is 2.55 bits per heavy atom. The molecule has 3 heterocycles. The van der Waals surface area contributed by atoms with Gasteiger partial charge in [0.1, 0.15) is 29.3 Å². The summed E-state index contributed by atoms with van der Waals surface area (Å²) in [5, 5.41) is 10.9. The van der Waals surface area contributed by atoms with E-state index in [2.05, 4.69) is 37.1 Å². The van der Waals surface area contributed by atoms with Gasteiger partial charge in [0, 0.05) is 50.7 Å². The monoisotopic (exact) mass is 583 g/mol. The lowest BCUT2D eigenvalue weighted by Crippen LogP contribution is -2.81. The largest absolute Gasteiger partial charge is 0.482 e. The molecule has 5 aliphatic rings. The molecule has 1 saturated heterocycles. The molecule has 3 aliphatic carbocycles. The Morgan fingerprint density at radius 1 is 1.14 bits per heavy atom. The molecule has 10 nitrogen and oxygen atoms in total. The Morgan fingerprint density at radius 2 is 1.88 bits per heavy atom. The second-order valence-electron chi connectivity index (χ2n) is 12.5. The summed E-state index contributed by atoms with van der Waals surface area (Å²) in [6.45, 7) is 6.80. The Kier molecular flexibility index (Phi) is 7.40. The number of allylic oxidation sites excluding steroid dienone is 1. The molecule has 11 atom stereocenters. The Labute approximate surface area is 246 Å². The summed E-state index contributed by atoms with van der Waals surface area (Å²) in [5.74, 6) is -0.971. The molecule has 1 aromatic rings. The van der Waals surface area contributed by atoms with Crippen molar-refractivity contribution in [3.63, 3.8) is 0 Å². The molecule has 0 radical (unpaired) electrons. The van der Waals surface area contributed by atoms with Gasteiger partial charge in [0.2, 0.25) is 0 Å². The third-order valence-electron chi connectivity index (χ3n) is 10.5. The maximum absolute atomic E-state index is 13.9. The van der Waals surface area contributed by atoms with Crippen molar-refractivity contribution in [3.8, 4) is 0 Å². The molecular weight excluding hydrogens is 542 g/mol. The molecule has 1 saturated carbocycles. The van der Waals surface area contributed by atoms with Crippen LogP contribution >= 0.6 is 0 Å². The first-order chi connectivity index (χ1) is 20.2. The Balaban J connectivity index is 1.46. The predicted octanol–water partition coefficient (Wildman–Crippen LogP) is 3.26. The first-order valence-electron chi connectivity index (χ1n) is 14.7. The van der Waals surface area contributed by atoms with Crippen molar-refractivity contribution in [2.24, 2.45) is 46.8 Å². The number of hydrogen-bond acceptors (Lipinski definition) is 9. The second-order valence-corrected chi connectivity index (χ2v) is 12.5. The number of methoxy groups -OCH3 is 3. The molecular formula is C32H41NO9. The third kappa shape index (κ3) is 3.77. The highest BCUT2D eigenvalue weighted by molar-refractivity contribution is 5.88. The quantitative estimate of drug-likeness (QED) is 0.333. The van der Waals surface area contributed by atoms with Crippen LogP contribution in [0.2, 0.25) is 0 Å². The fourth-order valence-electron chi connectivity index (χ4n) is 8.97. The minimum Gasteiger partial charge on any atom is -0.482 e. The lowest BCUT2D eigenvalue weighted by Gasteiger charge is -2.77. The molecule has 1 aromatic heterocycles. The van der Waals surface area contributed by atoms with Crippen LogP contribution in [0.15, 0.2) is 53.6 Å². The van der Waals surface area contributed by atoms with Crippen LogP contribution in [0.25, 0.3) is 0 Å². The second kappa shape index (κ2) is 10.7. The van der Waals surface area contributed by atoms with Crippen molar-refractivity contribution in [1.29, 1.82) is 0 Å². The van der Waals surface area contributed by atoms with Crippen LogP contribution < -0.4 is 0 Å². The standard InChI is InChI=1S/C32H41NO9/c1-16-12-17(2)32-21(20(14-38-5)29(35)40-26(16)23(34)15-39-6)9-10-31(32)25-24(32)18(3)19(13-37-4)27(28(25)42-31)41-30(36)22-8-7-11-33-22/h7-12,16,18-21,23-26,33-34H,13-15H2,1-6H3/b17-12+/t16-,18-,19-,20-,21-,23-,24-,25-,26-,31?,32+/m1/s1. The number of ether oxygens (including phenoxy) is 6. The molecule has 0 amide bonds. The summed E-state index contributed by atoms with van der Waals surface area (Å²) in [6, 6.07) is 3.43. The molecule has 0 bridgehead atoms. The van der Waals surface area contributed by atoms with E-state index < -0.39 is 41.1 Å². The molecule has 228 valence electrons. The highest BCUT2D eigenvalue weighted by Gasteiger charge is 2.87. The lowest BCUT2D eigenvalue weighted by molar-refractivity contribution is -0.335. The van der Waals surface area contributed by atoms with Crippen LogP contribution in [0, 0.1) is 46.8 Å². The number of H-pyrrole nitrogens is 1. The van der Waals surface area contributed by atoms with Gasteiger partial charge >= 0.3 is 11.9 Å². The number of aliphatic hydroxyl groups is 1. The third-order valence-corrected chi connectivity index (χ3v) is 10.5. The van der Waals surface area contributed by atoms with Crippen molar-refractivity contribution in [1.82, 2.24) is 4.98 Å². The summed E-state index contributed by atoms with van der Waals surface area (Å²) >= 11 is 0. The van der Waals surface area contributed by atoms with Gasteiger partial charge < -0.3 is 38.5 Å². The fourth-order valence-corrected chi connectivity index (χ4v) is 8.97. The number of hydrogen-bond donors (Lipinski definition) is 2. The van der Waals surface area contributed by atoms with E-state index in [-0.39, 0.29) is 48.7 Å². The van der Waals surface area contributed by atoms with Gasteiger partial charge in [0.25, 0.3) is 0 Å². The number of aliphatic hydroxyl groups excluding tert-OH is 1. The van der Waals surface area contributed by atoms with Gasteiger partial charge in [0.05, 0.1) is 31.7 Å². The summed E-state index contributed by atoms with van der Waals surface area (Å²) in [6.07, 6.45) is 6.25. The number of aromatic nitrogens is 1. The average molecular weight is 584 g/mol. The summed E-state index contributed by atoms with van der Waals surface area (Å²) < 4.78 is 35.3. The van der Waals surface area contributed by atoms with E-state index in [4.69, 9.17) is 28.4 Å². The van der Waals surface area contributed by atoms with Crippen LogP contribution in [-0.2, 0) is 33.2 Å². The van der Waals surface area contributed by atoms with Gasteiger partial charge in [0.15, 0.2) is 5.76 Å². The lowest BCUT2D eigenvalue weighted by atomic mass is 9.32. The van der Waals surface area contributed by atoms with Crippen LogP contribution in [0.3, 0.4) is 0 Å². The number of carbonyl (C=O) groups is 2. The smallest absolute Gasteiger partial charge is 0.359 e. The van der Waals surface area contributed by atoms with Gasteiger partial charge in [-0.2, -0.15) is 0 Å². The molecule has 2 fully saturated rings. The molecule has 42 heavy (non-hydrogen) atoms. The number of esters is 2. The Bertz CT molecular complexity index is 1320. The molecule has 2 spiro atoms. The molecule has 2 aliphatic heterocycles. The highest BCUT2D eigenvalue weighted by Crippen LogP contribution is 2.83. The van der Waals surface area contributed by atoms with Crippen LogP contribution in [-0.4, -0.2) is 81.0 Å². The highest BCUT2D eigenvalue weighted by atomic mass is 16.6. The zero-order chi connectivity index (χ0) is 30.0. The van der Waals surface area contributed by atoms with Crippen LogP contribution in [0.4, 0.5) is 0 Å². The number of rotatable bonds is 9. The number of aromatic amines is 1. The van der Waals surface area contributed by atoms with Crippen molar-refractivity contribution >= 4 is 11.9 Å². The zero-order valence-electron chi connectivity index (χ0n) is 25.0. The summed E-state index contributed by atoms with van der Waals surface area (Å²) in [7, 11) is 4.73. The maximum atomic E-state index is 13.9. The van der Waals surface area contributed by atoms with E-state index in [9.17, 15) is 14.7 Å². The van der Waals surface area contributed by atoms with Crippen LogP contribution in [0.1, 0.15) is 31.3 Å². The average Bonchev–Trinajstić information content (AvgIpc) is 3.59. The number of cyclic esters (lactones) is 1. The molecule has 0 aromatic carbocycles. The van der Waals surface area contributed by atoms with Crippen molar-refractivity contribution in [2.45, 2.75) is 38.6 Å². The van der Waals surface area contributed by atoms with Gasteiger partial charge in [-0.05, 0) is 37.0 Å². The van der Waals surface area contributed by atoms with E-state index in [0.717, 1.165) is 5.57 Å². The van der Waals surface area contributed by atoms with Crippen molar-refractivity contribution in [2.75, 3.05) is 41.2 Å². The zero-order valence-corrected chi connectivity index (χ0v) is 25.0. The topological polar surface area (TPSA) is 126 Å². The van der Waals surface area contributed by atoms with Crippen molar-refractivity contribution < 1.29 is 43.1 Å². The minimum absolute atomic E-state index is 0.0122. The summed E-state index contributed by atoms with van der Waals surface area (Å²) in [5.41, 5.74) is 0.212. The molecule has 6 rings (SSSR count). The van der Waals surface area contributed by atoms with E-state index in [1.54, 1.807) is 32.5 Å².